The van der Waals surface area contributed by atoms with Gasteiger partial charge in [0.1, 0.15) is 5.56 Å². The van der Waals surface area contributed by atoms with Gasteiger partial charge in [-0.2, -0.15) is 0 Å². The maximum absolute atomic E-state index is 11.8. The Bertz CT molecular complexity index is 581. The summed E-state index contributed by atoms with van der Waals surface area (Å²) < 4.78 is 4.98. The van der Waals surface area contributed by atoms with E-state index in [0.29, 0.717) is 22.9 Å². The first-order valence-electron chi connectivity index (χ1n) is 5.37. The van der Waals surface area contributed by atoms with Gasteiger partial charge in [-0.15, -0.1) is 0 Å². The zero-order valence-corrected chi connectivity index (χ0v) is 10.4. The number of hydrogen-bond acceptors (Lipinski definition) is 3. The molecule has 1 heterocycles. The maximum Gasteiger partial charge on any atom is 0.341 e. The highest BCUT2D eigenvalue weighted by molar-refractivity contribution is 6.38. The van der Waals surface area contributed by atoms with Crippen molar-refractivity contribution in [3.63, 3.8) is 0 Å². The lowest BCUT2D eigenvalue weighted by Crippen LogP contribution is -2.09. The average Bonchev–Trinajstić information content (AvgIpc) is 2.29. The quantitative estimate of drug-likeness (QED) is 0.766. The van der Waals surface area contributed by atoms with Crippen LogP contribution in [0.2, 0.25) is 5.02 Å². The summed E-state index contributed by atoms with van der Waals surface area (Å²) >= 11 is 6.24. The molecule has 3 nitrogen and oxygen atoms in total. The number of carbonyl (C=O) groups excluding carboxylic acids is 1. The van der Waals surface area contributed by atoms with Gasteiger partial charge in [0.25, 0.3) is 0 Å². The van der Waals surface area contributed by atoms with E-state index in [9.17, 15) is 4.79 Å². The Morgan fingerprint density at radius 2 is 2.12 bits per heavy atom. The number of nitrogens with zero attached hydrogens (tertiary/aromatic N) is 1. The largest absolute Gasteiger partial charge is 0.462 e. The van der Waals surface area contributed by atoms with Crippen LogP contribution < -0.4 is 0 Å². The highest BCUT2D eigenvalue weighted by atomic mass is 35.5. The molecule has 0 saturated heterocycles. The molecule has 2 aromatic rings. The Kier molecular flexibility index (Phi) is 3.29. The fourth-order valence-corrected chi connectivity index (χ4v) is 2.10. The molecule has 0 fully saturated rings. The first kappa shape index (κ1) is 11.9. The number of ether oxygens (including phenoxy) is 1. The Balaban J connectivity index is 2.67. The van der Waals surface area contributed by atoms with Crippen LogP contribution in [0, 0.1) is 6.92 Å². The van der Waals surface area contributed by atoms with Gasteiger partial charge in [-0.25, -0.2) is 4.79 Å². The molecule has 0 aliphatic carbocycles. The lowest BCUT2D eigenvalue weighted by molar-refractivity contribution is 0.0525. The van der Waals surface area contributed by atoms with Crippen LogP contribution in [-0.4, -0.2) is 17.6 Å². The second-order valence-corrected chi connectivity index (χ2v) is 4.00. The van der Waals surface area contributed by atoms with E-state index in [1.54, 1.807) is 13.8 Å². The van der Waals surface area contributed by atoms with Gasteiger partial charge in [0, 0.05) is 5.39 Å². The molecule has 2 rings (SSSR count). The van der Waals surface area contributed by atoms with Crippen molar-refractivity contribution in [2.75, 3.05) is 6.61 Å². The fraction of sp³-hybridized carbons (Fsp3) is 0.231. The average molecular weight is 250 g/mol. The van der Waals surface area contributed by atoms with Gasteiger partial charge in [0.05, 0.1) is 22.8 Å². The molecule has 4 heteroatoms. The summed E-state index contributed by atoms with van der Waals surface area (Å²) in [5, 5.41) is 1.18. The third-order valence-corrected chi connectivity index (χ3v) is 2.88. The standard InChI is InChI=1S/C13H12ClNO2/c1-3-17-13(16)11-8(2)15-10-7-5-4-6-9(10)12(11)14/h4-7H,3H2,1-2H3. The van der Waals surface area contributed by atoms with Crippen LogP contribution in [0.4, 0.5) is 0 Å². The number of pyridine rings is 1. The molecule has 0 aliphatic heterocycles. The predicted molar refractivity (Wildman–Crippen MR) is 67.4 cm³/mol. The number of carbonyl (C=O) groups is 1. The Hall–Kier alpha value is -1.61. The zero-order valence-electron chi connectivity index (χ0n) is 9.66. The second kappa shape index (κ2) is 4.72. The van der Waals surface area contributed by atoms with Crippen LogP contribution in [0.1, 0.15) is 23.0 Å². The van der Waals surface area contributed by atoms with E-state index in [-0.39, 0.29) is 0 Å². The number of fused-ring (bicyclic) bond motifs is 1. The van der Waals surface area contributed by atoms with Gasteiger partial charge in [-0.05, 0) is 19.9 Å². The van der Waals surface area contributed by atoms with E-state index in [0.717, 1.165) is 10.9 Å². The summed E-state index contributed by atoms with van der Waals surface area (Å²) in [7, 11) is 0. The van der Waals surface area contributed by atoms with Crippen molar-refractivity contribution in [2.24, 2.45) is 0 Å². The number of para-hydroxylation sites is 1. The topological polar surface area (TPSA) is 39.2 Å². The number of aryl methyl sites for hydroxylation is 1. The summed E-state index contributed by atoms with van der Waals surface area (Å²) in [4.78, 5) is 16.1. The molecular formula is C13H12ClNO2. The van der Waals surface area contributed by atoms with Gasteiger partial charge in [0.15, 0.2) is 0 Å². The lowest BCUT2D eigenvalue weighted by Gasteiger charge is -2.09. The molecule has 1 aromatic carbocycles. The molecule has 0 amide bonds. The Morgan fingerprint density at radius 1 is 1.41 bits per heavy atom. The van der Waals surface area contributed by atoms with Crippen LogP contribution in [0.15, 0.2) is 24.3 Å². The van der Waals surface area contributed by atoms with Gasteiger partial charge < -0.3 is 4.74 Å². The minimum Gasteiger partial charge on any atom is -0.462 e. The molecule has 88 valence electrons. The summed E-state index contributed by atoms with van der Waals surface area (Å²) in [5.41, 5.74) is 1.72. The molecule has 0 N–H and O–H groups in total. The Labute approximate surface area is 104 Å². The SMILES string of the molecule is CCOC(=O)c1c(C)nc2ccccc2c1Cl. The molecule has 0 bridgehead atoms. The van der Waals surface area contributed by atoms with Crippen molar-refractivity contribution in [3.05, 3.63) is 40.5 Å². The number of benzene rings is 1. The highest BCUT2D eigenvalue weighted by Gasteiger charge is 2.18. The highest BCUT2D eigenvalue weighted by Crippen LogP contribution is 2.28. The molecular weight excluding hydrogens is 238 g/mol. The summed E-state index contributed by atoms with van der Waals surface area (Å²) in [6.45, 7) is 3.83. The fourth-order valence-electron chi connectivity index (χ4n) is 1.73. The normalized spacial score (nSPS) is 10.5. The van der Waals surface area contributed by atoms with Crippen LogP contribution in [0.25, 0.3) is 10.9 Å². The van der Waals surface area contributed by atoms with Crippen LogP contribution in [0.5, 0.6) is 0 Å². The summed E-state index contributed by atoms with van der Waals surface area (Å²) in [5.74, 6) is -0.423. The van der Waals surface area contributed by atoms with E-state index in [1.165, 1.54) is 0 Å². The smallest absolute Gasteiger partial charge is 0.341 e. The van der Waals surface area contributed by atoms with E-state index in [2.05, 4.69) is 4.98 Å². The maximum atomic E-state index is 11.8. The summed E-state index contributed by atoms with van der Waals surface area (Å²) in [6.07, 6.45) is 0. The molecule has 0 radical (unpaired) electrons. The van der Waals surface area contributed by atoms with Crippen LogP contribution >= 0.6 is 11.6 Å². The number of aromatic nitrogens is 1. The van der Waals surface area contributed by atoms with Gasteiger partial charge in [-0.1, -0.05) is 29.8 Å². The second-order valence-electron chi connectivity index (χ2n) is 3.62. The molecule has 1 aromatic heterocycles. The van der Waals surface area contributed by atoms with Gasteiger partial charge in [0.2, 0.25) is 0 Å². The first-order chi connectivity index (χ1) is 8.15. The lowest BCUT2D eigenvalue weighted by atomic mass is 10.1. The number of esters is 1. The third-order valence-electron chi connectivity index (χ3n) is 2.49. The van der Waals surface area contributed by atoms with Crippen LogP contribution in [0.3, 0.4) is 0 Å². The molecule has 0 saturated carbocycles. The van der Waals surface area contributed by atoms with E-state index in [4.69, 9.17) is 16.3 Å². The van der Waals surface area contributed by atoms with E-state index in [1.807, 2.05) is 24.3 Å². The van der Waals surface area contributed by atoms with E-state index < -0.39 is 5.97 Å². The monoisotopic (exact) mass is 249 g/mol. The van der Waals surface area contributed by atoms with Gasteiger partial charge >= 0.3 is 5.97 Å². The van der Waals surface area contributed by atoms with Gasteiger partial charge in [-0.3, -0.25) is 4.98 Å². The predicted octanol–water partition coefficient (Wildman–Crippen LogP) is 3.37. The van der Waals surface area contributed by atoms with Crippen molar-refractivity contribution in [1.82, 2.24) is 4.98 Å². The molecule has 0 unspecified atom stereocenters. The van der Waals surface area contributed by atoms with Crippen molar-refractivity contribution < 1.29 is 9.53 Å². The molecule has 0 aliphatic rings. The third kappa shape index (κ3) is 2.11. The number of rotatable bonds is 2. The number of hydrogen-bond donors (Lipinski definition) is 0. The molecule has 0 spiro atoms. The molecule has 17 heavy (non-hydrogen) atoms. The van der Waals surface area contributed by atoms with Crippen molar-refractivity contribution in [3.8, 4) is 0 Å². The Morgan fingerprint density at radius 3 is 2.82 bits per heavy atom. The van der Waals surface area contributed by atoms with Crippen molar-refractivity contribution in [2.45, 2.75) is 13.8 Å². The summed E-state index contributed by atoms with van der Waals surface area (Å²) in [6, 6.07) is 7.45. The van der Waals surface area contributed by atoms with Crippen molar-refractivity contribution >= 4 is 28.5 Å². The van der Waals surface area contributed by atoms with Crippen LogP contribution in [-0.2, 0) is 4.74 Å². The number of halogens is 1. The van der Waals surface area contributed by atoms with E-state index >= 15 is 0 Å². The van der Waals surface area contributed by atoms with Crippen molar-refractivity contribution in [1.29, 1.82) is 0 Å². The first-order valence-corrected chi connectivity index (χ1v) is 5.75. The minimum absolute atomic E-state index is 0.321. The minimum atomic E-state index is -0.423. The molecule has 0 atom stereocenters. The zero-order chi connectivity index (χ0) is 12.4.